The first kappa shape index (κ1) is 11.3. The Kier molecular flexibility index (Phi) is 2.39. The fraction of sp³-hybridized carbons (Fsp3) is 0.200. The van der Waals surface area contributed by atoms with Gasteiger partial charge in [0.2, 0.25) is 0 Å². The van der Waals surface area contributed by atoms with Gasteiger partial charge in [0.25, 0.3) is 5.91 Å². The van der Waals surface area contributed by atoms with Crippen molar-refractivity contribution in [2.75, 3.05) is 11.9 Å². The van der Waals surface area contributed by atoms with E-state index < -0.39 is 0 Å². The lowest BCUT2D eigenvalue weighted by Crippen LogP contribution is -2.38. The summed E-state index contributed by atoms with van der Waals surface area (Å²) in [6.45, 7) is 0.730. The number of fused-ring (bicyclic) bond motifs is 2. The normalized spacial score (nSPS) is 19.4. The highest BCUT2D eigenvalue weighted by Crippen LogP contribution is 2.30. The standard InChI is InChI=1S/C15H13N3O2/c19-15-11-2-1-6-16-14(11)17-13(18-15)10-3-4-12-9(8-10)5-7-20-12/h1-4,6,8,13H,5,7H2,(H,16,17)(H,18,19). The molecule has 1 unspecified atom stereocenters. The zero-order chi connectivity index (χ0) is 13.5. The molecular weight excluding hydrogens is 254 g/mol. The fourth-order valence-corrected chi connectivity index (χ4v) is 2.64. The average Bonchev–Trinajstić information content (AvgIpc) is 2.94. The van der Waals surface area contributed by atoms with Gasteiger partial charge in [0.15, 0.2) is 0 Å². The number of carbonyl (C=O) groups excluding carboxylic acids is 1. The number of aromatic nitrogens is 1. The summed E-state index contributed by atoms with van der Waals surface area (Å²) in [5.74, 6) is 1.46. The highest BCUT2D eigenvalue weighted by Gasteiger charge is 2.26. The van der Waals surface area contributed by atoms with Crippen LogP contribution >= 0.6 is 0 Å². The maximum absolute atomic E-state index is 12.1. The predicted octanol–water partition coefficient (Wildman–Crippen LogP) is 1.87. The van der Waals surface area contributed by atoms with Gasteiger partial charge in [-0.05, 0) is 35.4 Å². The number of amides is 1. The molecule has 5 heteroatoms. The van der Waals surface area contributed by atoms with E-state index in [0.717, 1.165) is 24.3 Å². The van der Waals surface area contributed by atoms with E-state index in [9.17, 15) is 4.79 Å². The van der Waals surface area contributed by atoms with Crippen LogP contribution in [0.5, 0.6) is 5.75 Å². The third kappa shape index (κ3) is 1.71. The molecule has 0 fully saturated rings. The largest absolute Gasteiger partial charge is 0.493 e. The molecule has 2 aliphatic heterocycles. The number of benzene rings is 1. The highest BCUT2D eigenvalue weighted by atomic mass is 16.5. The lowest BCUT2D eigenvalue weighted by molar-refractivity contribution is 0.0935. The van der Waals surface area contributed by atoms with E-state index in [2.05, 4.69) is 21.7 Å². The van der Waals surface area contributed by atoms with E-state index in [1.54, 1.807) is 18.3 Å². The molecule has 2 aliphatic rings. The minimum absolute atomic E-state index is 0.103. The topological polar surface area (TPSA) is 63.2 Å². The maximum Gasteiger partial charge on any atom is 0.256 e. The van der Waals surface area contributed by atoms with Crippen LogP contribution in [0.1, 0.15) is 27.7 Å². The zero-order valence-corrected chi connectivity index (χ0v) is 10.7. The number of anilines is 1. The van der Waals surface area contributed by atoms with Gasteiger partial charge >= 0.3 is 0 Å². The second-order valence-electron chi connectivity index (χ2n) is 4.92. The van der Waals surface area contributed by atoms with Crippen LogP contribution in [0.15, 0.2) is 36.5 Å². The van der Waals surface area contributed by atoms with Crippen molar-refractivity contribution in [1.29, 1.82) is 0 Å². The van der Waals surface area contributed by atoms with Gasteiger partial charge in [-0.15, -0.1) is 0 Å². The molecule has 4 rings (SSSR count). The van der Waals surface area contributed by atoms with Crippen LogP contribution in [0.25, 0.3) is 0 Å². The molecule has 1 amide bonds. The first-order valence-electron chi connectivity index (χ1n) is 6.59. The van der Waals surface area contributed by atoms with E-state index >= 15 is 0 Å². The molecular formula is C15H13N3O2. The Bertz CT molecular complexity index is 699. The van der Waals surface area contributed by atoms with Gasteiger partial charge in [-0.25, -0.2) is 4.98 Å². The van der Waals surface area contributed by atoms with Crippen LogP contribution in [-0.4, -0.2) is 17.5 Å². The van der Waals surface area contributed by atoms with Crippen LogP contribution in [0.4, 0.5) is 5.82 Å². The van der Waals surface area contributed by atoms with Crippen LogP contribution in [-0.2, 0) is 6.42 Å². The van der Waals surface area contributed by atoms with E-state index in [1.165, 1.54) is 5.56 Å². The molecule has 0 saturated heterocycles. The van der Waals surface area contributed by atoms with Crippen LogP contribution in [0.3, 0.4) is 0 Å². The van der Waals surface area contributed by atoms with Gasteiger partial charge in [0, 0.05) is 12.6 Å². The van der Waals surface area contributed by atoms with Crippen LogP contribution < -0.4 is 15.4 Å². The molecule has 100 valence electrons. The molecule has 5 nitrogen and oxygen atoms in total. The number of nitrogens with one attached hydrogen (secondary N) is 2. The van der Waals surface area contributed by atoms with E-state index in [-0.39, 0.29) is 12.1 Å². The summed E-state index contributed by atoms with van der Waals surface area (Å²) in [6, 6.07) is 9.52. The summed E-state index contributed by atoms with van der Waals surface area (Å²) in [6.07, 6.45) is 2.34. The second-order valence-corrected chi connectivity index (χ2v) is 4.92. The van der Waals surface area contributed by atoms with Gasteiger partial charge < -0.3 is 15.4 Å². The van der Waals surface area contributed by atoms with Crippen molar-refractivity contribution in [3.8, 4) is 5.75 Å². The number of hydrogen-bond donors (Lipinski definition) is 2. The first-order valence-corrected chi connectivity index (χ1v) is 6.59. The Morgan fingerprint density at radius 1 is 1.25 bits per heavy atom. The summed E-state index contributed by atoms with van der Waals surface area (Å²) in [7, 11) is 0. The minimum Gasteiger partial charge on any atom is -0.493 e. The van der Waals surface area contributed by atoms with E-state index in [0.29, 0.717) is 11.4 Å². The van der Waals surface area contributed by atoms with Crippen molar-refractivity contribution in [1.82, 2.24) is 10.3 Å². The summed E-state index contributed by atoms with van der Waals surface area (Å²) in [5.41, 5.74) is 2.78. The fourth-order valence-electron chi connectivity index (χ4n) is 2.64. The molecule has 0 radical (unpaired) electrons. The number of ether oxygens (including phenoxy) is 1. The van der Waals surface area contributed by atoms with Crippen molar-refractivity contribution < 1.29 is 9.53 Å². The third-order valence-corrected chi connectivity index (χ3v) is 3.66. The van der Waals surface area contributed by atoms with Crippen molar-refractivity contribution in [2.24, 2.45) is 0 Å². The highest BCUT2D eigenvalue weighted by molar-refractivity contribution is 6.00. The molecule has 0 spiro atoms. The quantitative estimate of drug-likeness (QED) is 0.828. The number of hydrogen-bond acceptors (Lipinski definition) is 4. The molecule has 0 bridgehead atoms. The average molecular weight is 267 g/mol. The lowest BCUT2D eigenvalue weighted by atomic mass is 10.0. The van der Waals surface area contributed by atoms with Crippen LogP contribution in [0.2, 0.25) is 0 Å². The van der Waals surface area contributed by atoms with Gasteiger partial charge in [0.1, 0.15) is 17.7 Å². The van der Waals surface area contributed by atoms with Crippen molar-refractivity contribution in [2.45, 2.75) is 12.6 Å². The number of nitrogens with zero attached hydrogens (tertiary/aromatic N) is 1. The van der Waals surface area contributed by atoms with Crippen LogP contribution in [0, 0.1) is 0 Å². The molecule has 1 aromatic carbocycles. The third-order valence-electron chi connectivity index (χ3n) is 3.66. The molecule has 2 N–H and O–H groups in total. The van der Waals surface area contributed by atoms with Crippen molar-refractivity contribution in [3.63, 3.8) is 0 Å². The first-order chi connectivity index (χ1) is 9.81. The molecule has 1 atom stereocenters. The minimum atomic E-state index is -0.254. The number of carbonyl (C=O) groups is 1. The maximum atomic E-state index is 12.1. The summed E-state index contributed by atoms with van der Waals surface area (Å²) in [5, 5.41) is 6.20. The lowest BCUT2D eigenvalue weighted by Gasteiger charge is -2.27. The summed E-state index contributed by atoms with van der Waals surface area (Å²) < 4.78 is 5.50. The molecule has 20 heavy (non-hydrogen) atoms. The monoisotopic (exact) mass is 267 g/mol. The molecule has 2 aromatic rings. The second kappa shape index (κ2) is 4.23. The zero-order valence-electron chi connectivity index (χ0n) is 10.7. The Morgan fingerprint density at radius 2 is 2.20 bits per heavy atom. The summed E-state index contributed by atoms with van der Waals surface area (Å²) in [4.78, 5) is 16.3. The Labute approximate surface area is 116 Å². The number of rotatable bonds is 1. The van der Waals surface area contributed by atoms with E-state index in [4.69, 9.17) is 4.74 Å². The summed E-state index contributed by atoms with van der Waals surface area (Å²) >= 11 is 0. The van der Waals surface area contributed by atoms with Crippen molar-refractivity contribution in [3.05, 3.63) is 53.2 Å². The molecule has 0 aliphatic carbocycles. The van der Waals surface area contributed by atoms with Gasteiger partial charge in [-0.2, -0.15) is 0 Å². The molecule has 0 saturated carbocycles. The predicted molar refractivity (Wildman–Crippen MR) is 73.7 cm³/mol. The van der Waals surface area contributed by atoms with E-state index in [1.807, 2.05) is 12.1 Å². The Hall–Kier alpha value is -2.56. The van der Waals surface area contributed by atoms with Gasteiger partial charge in [-0.3, -0.25) is 4.79 Å². The Morgan fingerprint density at radius 3 is 3.15 bits per heavy atom. The van der Waals surface area contributed by atoms with Crippen molar-refractivity contribution >= 4 is 11.7 Å². The SMILES string of the molecule is O=C1NC(c2ccc3c(c2)CCO3)Nc2ncccc21. The number of pyridine rings is 1. The van der Waals surface area contributed by atoms with Gasteiger partial charge in [0.05, 0.1) is 12.2 Å². The smallest absolute Gasteiger partial charge is 0.256 e. The Balaban J connectivity index is 1.69. The molecule has 3 heterocycles. The van der Waals surface area contributed by atoms with Gasteiger partial charge in [-0.1, -0.05) is 6.07 Å². The molecule has 1 aromatic heterocycles.